The van der Waals surface area contributed by atoms with Gasteiger partial charge in [0.25, 0.3) is 0 Å². The summed E-state index contributed by atoms with van der Waals surface area (Å²) in [5.41, 5.74) is 4.08. The Kier molecular flexibility index (Phi) is 3.52. The Hall–Kier alpha value is -2.49. The van der Waals surface area contributed by atoms with Gasteiger partial charge in [0.15, 0.2) is 0 Å². The summed E-state index contributed by atoms with van der Waals surface area (Å²) in [5, 5.41) is 2.96. The summed E-state index contributed by atoms with van der Waals surface area (Å²) in [5.74, 6) is 0.820. The fourth-order valence-electron chi connectivity index (χ4n) is 2.63. The van der Waals surface area contributed by atoms with Gasteiger partial charge in [-0.1, -0.05) is 18.2 Å². The zero-order valence-electron chi connectivity index (χ0n) is 12.2. The molecule has 4 heteroatoms. The number of carbonyl (C=O) groups is 1. The Morgan fingerprint density at radius 3 is 2.71 bits per heavy atom. The predicted octanol–water partition coefficient (Wildman–Crippen LogP) is 3.48. The Morgan fingerprint density at radius 2 is 1.95 bits per heavy atom. The summed E-state index contributed by atoms with van der Waals surface area (Å²) in [7, 11) is 1.65. The molecular formula is C17H18N2O2. The quantitative estimate of drug-likeness (QED) is 0.916. The van der Waals surface area contributed by atoms with Crippen molar-refractivity contribution in [2.75, 3.05) is 23.9 Å². The van der Waals surface area contributed by atoms with Crippen LogP contribution in [0.3, 0.4) is 0 Å². The highest BCUT2D eigenvalue weighted by Gasteiger charge is 2.21. The minimum absolute atomic E-state index is 0.0394. The molecule has 0 unspecified atom stereocenters. The molecule has 1 heterocycles. The van der Waals surface area contributed by atoms with E-state index in [0.717, 1.165) is 22.8 Å². The van der Waals surface area contributed by atoms with Gasteiger partial charge in [-0.2, -0.15) is 0 Å². The Labute approximate surface area is 124 Å². The first-order valence-corrected chi connectivity index (χ1v) is 7.00. The molecule has 0 saturated heterocycles. The first-order valence-electron chi connectivity index (χ1n) is 7.00. The lowest BCUT2D eigenvalue weighted by atomic mass is 10.1. The van der Waals surface area contributed by atoms with Crippen molar-refractivity contribution in [3.63, 3.8) is 0 Å². The van der Waals surface area contributed by atoms with Crippen molar-refractivity contribution < 1.29 is 9.53 Å². The minimum atomic E-state index is 0.0394. The van der Waals surface area contributed by atoms with Crippen LogP contribution in [0, 0.1) is 6.92 Å². The first-order chi connectivity index (χ1) is 10.2. The fourth-order valence-corrected chi connectivity index (χ4v) is 2.63. The van der Waals surface area contributed by atoms with Gasteiger partial charge in [0.05, 0.1) is 18.5 Å². The second kappa shape index (κ2) is 5.48. The molecule has 4 nitrogen and oxygen atoms in total. The Morgan fingerprint density at radius 1 is 1.14 bits per heavy atom. The third-order valence-electron chi connectivity index (χ3n) is 3.74. The van der Waals surface area contributed by atoms with Crippen molar-refractivity contribution in [3.8, 4) is 5.75 Å². The number of carbonyl (C=O) groups excluding carboxylic acids is 1. The summed E-state index contributed by atoms with van der Waals surface area (Å²) in [4.78, 5) is 14.1. The van der Waals surface area contributed by atoms with E-state index in [0.29, 0.717) is 13.0 Å². The number of para-hydroxylation sites is 1. The first kappa shape index (κ1) is 13.5. The van der Waals surface area contributed by atoms with Gasteiger partial charge in [0, 0.05) is 24.7 Å². The highest BCUT2D eigenvalue weighted by atomic mass is 16.5. The average molecular weight is 282 g/mol. The van der Waals surface area contributed by atoms with Crippen LogP contribution in [-0.2, 0) is 4.79 Å². The van der Waals surface area contributed by atoms with E-state index in [1.54, 1.807) is 7.11 Å². The molecule has 0 spiro atoms. The van der Waals surface area contributed by atoms with E-state index >= 15 is 0 Å². The molecule has 1 amide bonds. The second-order valence-electron chi connectivity index (χ2n) is 5.12. The van der Waals surface area contributed by atoms with E-state index in [9.17, 15) is 4.79 Å². The van der Waals surface area contributed by atoms with Gasteiger partial charge in [0.1, 0.15) is 5.75 Å². The van der Waals surface area contributed by atoms with Crippen LogP contribution in [0.4, 0.5) is 17.1 Å². The summed E-state index contributed by atoms with van der Waals surface area (Å²) >= 11 is 0. The smallest absolute Gasteiger partial charge is 0.226 e. The van der Waals surface area contributed by atoms with Gasteiger partial charge < -0.3 is 15.0 Å². The minimum Gasteiger partial charge on any atom is -0.497 e. The van der Waals surface area contributed by atoms with Crippen LogP contribution >= 0.6 is 0 Å². The maximum atomic E-state index is 11.9. The number of nitrogens with zero attached hydrogens (tertiary/aromatic N) is 1. The molecule has 108 valence electrons. The highest BCUT2D eigenvalue weighted by molar-refractivity contribution is 5.98. The van der Waals surface area contributed by atoms with Crippen molar-refractivity contribution in [2.24, 2.45) is 0 Å². The van der Waals surface area contributed by atoms with Crippen LogP contribution < -0.4 is 15.0 Å². The van der Waals surface area contributed by atoms with Gasteiger partial charge in [-0.05, 0) is 30.7 Å². The molecule has 3 rings (SSSR count). The fraction of sp³-hybridized carbons (Fsp3) is 0.235. The summed E-state index contributed by atoms with van der Waals surface area (Å²) in [6.07, 6.45) is 0.464. The number of rotatable bonds is 2. The molecule has 0 radical (unpaired) electrons. The van der Waals surface area contributed by atoms with Gasteiger partial charge in [-0.3, -0.25) is 4.79 Å². The third kappa shape index (κ3) is 2.57. The van der Waals surface area contributed by atoms with Crippen molar-refractivity contribution >= 4 is 23.0 Å². The van der Waals surface area contributed by atoms with E-state index in [1.165, 1.54) is 5.56 Å². The van der Waals surface area contributed by atoms with Gasteiger partial charge in [0.2, 0.25) is 5.91 Å². The van der Waals surface area contributed by atoms with Crippen molar-refractivity contribution in [3.05, 3.63) is 48.0 Å². The Bertz CT molecular complexity index is 682. The van der Waals surface area contributed by atoms with Crippen LogP contribution in [0.5, 0.6) is 5.75 Å². The summed E-state index contributed by atoms with van der Waals surface area (Å²) < 4.78 is 5.32. The van der Waals surface area contributed by atoms with Crippen molar-refractivity contribution in [2.45, 2.75) is 13.3 Å². The maximum absolute atomic E-state index is 11.9. The zero-order chi connectivity index (χ0) is 14.8. The lowest BCUT2D eigenvalue weighted by Gasteiger charge is -2.26. The van der Waals surface area contributed by atoms with Crippen LogP contribution in [0.2, 0.25) is 0 Å². The monoisotopic (exact) mass is 282 g/mol. The zero-order valence-corrected chi connectivity index (χ0v) is 12.2. The van der Waals surface area contributed by atoms with Gasteiger partial charge in [-0.25, -0.2) is 0 Å². The van der Waals surface area contributed by atoms with Crippen molar-refractivity contribution in [1.29, 1.82) is 0 Å². The largest absolute Gasteiger partial charge is 0.497 e. The van der Waals surface area contributed by atoms with Crippen LogP contribution in [-0.4, -0.2) is 19.6 Å². The lowest BCUT2D eigenvalue weighted by molar-refractivity contribution is -0.115. The van der Waals surface area contributed by atoms with Crippen LogP contribution in [0.15, 0.2) is 42.5 Å². The number of anilines is 3. The number of hydrogen-bond donors (Lipinski definition) is 1. The average Bonchev–Trinajstić information content (AvgIpc) is 2.65. The number of ether oxygens (including phenoxy) is 1. The number of aryl methyl sites for hydroxylation is 1. The molecule has 0 bridgehead atoms. The van der Waals surface area contributed by atoms with Gasteiger partial charge in [-0.15, -0.1) is 0 Å². The standard InChI is InChI=1S/C17H18N2O2/c1-12-5-3-4-6-15(12)19-10-9-17(20)18-14-8-7-13(21-2)11-16(14)19/h3-8,11H,9-10H2,1-2H3,(H,18,20). The maximum Gasteiger partial charge on any atom is 0.226 e. The molecule has 0 aromatic heterocycles. The third-order valence-corrected chi connectivity index (χ3v) is 3.74. The number of fused-ring (bicyclic) bond motifs is 1. The number of nitrogens with one attached hydrogen (secondary N) is 1. The SMILES string of the molecule is COc1ccc2c(c1)N(c1ccccc1C)CCC(=O)N2. The van der Waals surface area contributed by atoms with E-state index < -0.39 is 0 Å². The van der Waals surface area contributed by atoms with E-state index in [2.05, 4.69) is 29.3 Å². The van der Waals surface area contributed by atoms with E-state index in [4.69, 9.17) is 4.74 Å². The molecule has 2 aromatic rings. The van der Waals surface area contributed by atoms with Gasteiger partial charge >= 0.3 is 0 Å². The molecule has 21 heavy (non-hydrogen) atoms. The topological polar surface area (TPSA) is 41.6 Å². The van der Waals surface area contributed by atoms with Crippen molar-refractivity contribution in [1.82, 2.24) is 0 Å². The molecule has 0 atom stereocenters. The Balaban J connectivity index is 2.14. The molecule has 0 saturated carbocycles. The molecule has 0 fully saturated rings. The molecule has 2 aromatic carbocycles. The number of amides is 1. The molecule has 1 N–H and O–H groups in total. The predicted molar refractivity (Wildman–Crippen MR) is 84.4 cm³/mol. The molecular weight excluding hydrogens is 264 g/mol. The number of methoxy groups -OCH3 is 1. The summed E-state index contributed by atoms with van der Waals surface area (Å²) in [6.45, 7) is 2.73. The van der Waals surface area contributed by atoms with Crippen LogP contribution in [0.1, 0.15) is 12.0 Å². The van der Waals surface area contributed by atoms with Crippen LogP contribution in [0.25, 0.3) is 0 Å². The van der Waals surface area contributed by atoms with E-state index in [-0.39, 0.29) is 5.91 Å². The molecule has 1 aliphatic rings. The molecule has 1 aliphatic heterocycles. The second-order valence-corrected chi connectivity index (χ2v) is 5.12. The lowest BCUT2D eigenvalue weighted by Crippen LogP contribution is -2.19. The molecule has 0 aliphatic carbocycles. The highest BCUT2D eigenvalue weighted by Crippen LogP contribution is 2.38. The van der Waals surface area contributed by atoms with E-state index in [1.807, 2.05) is 30.3 Å². The number of hydrogen-bond acceptors (Lipinski definition) is 3. The normalized spacial score (nSPS) is 14.2. The summed E-state index contributed by atoms with van der Waals surface area (Å²) in [6, 6.07) is 13.9. The number of benzene rings is 2.